The van der Waals surface area contributed by atoms with E-state index in [9.17, 15) is 38.4 Å². The number of ketones is 8. The van der Waals surface area contributed by atoms with E-state index in [1.54, 1.807) is 60.7 Å². The maximum atomic E-state index is 13.0. The van der Waals surface area contributed by atoms with Gasteiger partial charge in [0.15, 0.2) is 28.9 Å². The van der Waals surface area contributed by atoms with Gasteiger partial charge < -0.3 is 49.8 Å². The van der Waals surface area contributed by atoms with Gasteiger partial charge in [0, 0.05) is 85.5 Å². The van der Waals surface area contributed by atoms with Gasteiger partial charge in [0.25, 0.3) is 0 Å². The number of Topliss-reactive ketones (excluding diaryl/α,β-unsaturated/α-hetero) is 8. The van der Waals surface area contributed by atoms with Crippen molar-refractivity contribution < 1.29 is 43.1 Å². The van der Waals surface area contributed by atoms with E-state index in [2.05, 4.69) is 20.9 Å². The Labute approximate surface area is 686 Å². The number of halogens is 6. The second-order valence-corrected chi connectivity index (χ2v) is 34.1. The van der Waals surface area contributed by atoms with Gasteiger partial charge in [-0.3, -0.25) is 48.7 Å². The summed E-state index contributed by atoms with van der Waals surface area (Å²) in [6, 6.07) is 44.0. The quantitative estimate of drug-likeness (QED) is 0.0454. The molecule has 4 aliphatic heterocycles. The summed E-state index contributed by atoms with van der Waals surface area (Å²) in [6.45, 7) is 4.31. The molecule has 112 heavy (non-hydrogen) atoms. The Balaban J connectivity index is 0.000000133. The Kier molecular flexibility index (Phi) is 29.5. The number of carbonyl (C=O) groups is 8. The first kappa shape index (κ1) is 86.5. The predicted octanol–water partition coefficient (Wildman–Crippen LogP) is 13.6. The summed E-state index contributed by atoms with van der Waals surface area (Å²) in [5.41, 5.74) is 36.4. The zero-order chi connectivity index (χ0) is 80.2. The van der Waals surface area contributed by atoms with Gasteiger partial charge in [0.2, 0.25) is 11.6 Å². The van der Waals surface area contributed by atoms with Crippen molar-refractivity contribution in [2.24, 2.45) is 69.0 Å². The number of nitrogens with one attached hydrogen (secondary N) is 3. The van der Waals surface area contributed by atoms with Crippen LogP contribution in [0, 0.1) is 29.6 Å². The lowest BCUT2D eigenvalue weighted by molar-refractivity contribution is -0.142. The molecule has 0 bridgehead atoms. The van der Waals surface area contributed by atoms with Crippen molar-refractivity contribution >= 4 is 122 Å². The molecule has 16 rings (SSSR count). The highest BCUT2D eigenvalue weighted by atomic mass is 35.5. The molecule has 0 aromatic heterocycles. The number of hydrogen-bond donors (Lipinski definition) is 9. The second kappa shape index (κ2) is 38.2. The number of hydrogen-bond acceptors (Lipinski definition) is 19. The number of ether oxygens (including phenoxy) is 1. The maximum absolute atomic E-state index is 13.0. The molecule has 3 saturated heterocycles. The lowest BCUT2D eigenvalue weighted by Crippen LogP contribution is -2.55. The van der Waals surface area contributed by atoms with E-state index in [0.717, 1.165) is 132 Å². The van der Waals surface area contributed by atoms with Crippen LogP contribution in [0.3, 0.4) is 0 Å². The van der Waals surface area contributed by atoms with Gasteiger partial charge in [-0.15, -0.1) is 0 Å². The normalized spacial score (nSPS) is 31.8. The van der Waals surface area contributed by atoms with E-state index in [1.165, 1.54) is 0 Å². The van der Waals surface area contributed by atoms with Gasteiger partial charge in [-0.25, -0.2) is 0 Å². The van der Waals surface area contributed by atoms with E-state index in [0.29, 0.717) is 118 Å². The third-order valence-corrected chi connectivity index (χ3v) is 26.6. The van der Waals surface area contributed by atoms with Crippen molar-refractivity contribution in [2.45, 2.75) is 199 Å². The average Bonchev–Trinajstić information content (AvgIpc) is 1.20. The van der Waals surface area contributed by atoms with Crippen LogP contribution in [0.5, 0.6) is 0 Å². The molecule has 598 valence electrons. The van der Waals surface area contributed by atoms with E-state index < -0.39 is 44.8 Å². The van der Waals surface area contributed by atoms with Gasteiger partial charge in [0.05, 0.1) is 25.2 Å². The number of rotatable bonds is 10. The molecule has 0 radical (unpaired) electrons. The largest absolute Gasteiger partial charge is 0.377 e. The standard InChI is InChI=1S/2C16H21ClN2O.C16H20ClNO2.C15H18ClN3O.2C12H12ClNO2/c17-13-7-2-1-6-12(13)16(18)9-3-5-11(15(16)20)14-8-4-10-19-14;17-14-6-2-1-5-13(14)16(18)8-3-4-12(15(16)20)11-7-9-19-10-11;17-13-7-2-1-6-12(13)16(18)9-3-5-11(15(16)19)14-8-4-10-20-14;16-12-6-2-1-5-11(12)15(17)7-3-4-10(14(15)20)13-8-18-9-19-13;13-9-5-2-1-4-8(9)12(14)7-3-6-10(15)11(12)16;13-10-4-2-1-3-9(10)12(14)6-5-8(15)7-11(12)16/h1-2,6-7,11,14,19H,3-5,8-10,18H2;1-2,5-6,11-12,19H,3-4,7-10,18H2;1-2,6-7,11,14H,3-5,8-10,18H2;1-2,5-6,8,10,13,19H,3-4,7,9,17H2;1-2,4-5H,3,6-7,14H2;1-4H,5-7,14H2. The molecule has 6 aromatic carbocycles. The second-order valence-electron chi connectivity index (χ2n) is 31.6. The summed E-state index contributed by atoms with van der Waals surface area (Å²) in [6.07, 6.45) is 19.4. The number of aliphatic imine (C=N–C) groups is 1. The molecule has 6 aromatic rings. The molecule has 0 spiro atoms. The molecule has 9 fully saturated rings. The number of benzene rings is 6. The summed E-state index contributed by atoms with van der Waals surface area (Å²) in [5, 5.41) is 13.3. The van der Waals surface area contributed by atoms with Crippen LogP contribution in [0.2, 0.25) is 30.1 Å². The molecule has 15 N–H and O–H groups in total. The molecular formula is C87H104Cl6N10O9. The molecular weight excluding hydrogens is 1540 g/mol. The summed E-state index contributed by atoms with van der Waals surface area (Å²) in [7, 11) is 0. The van der Waals surface area contributed by atoms with Crippen molar-refractivity contribution in [3.05, 3.63) is 209 Å². The highest BCUT2D eigenvalue weighted by Crippen LogP contribution is 2.46. The first-order valence-electron chi connectivity index (χ1n) is 39.4. The monoisotopic (exact) mass is 1640 g/mol. The number of nitrogens with zero attached hydrogens (tertiary/aromatic N) is 1. The minimum Gasteiger partial charge on any atom is -0.377 e. The predicted molar refractivity (Wildman–Crippen MR) is 442 cm³/mol. The van der Waals surface area contributed by atoms with Crippen LogP contribution in [0.15, 0.2) is 151 Å². The first-order valence-corrected chi connectivity index (χ1v) is 41.7. The van der Waals surface area contributed by atoms with E-state index in [1.807, 2.05) is 91.1 Å². The zero-order valence-corrected chi connectivity index (χ0v) is 67.7. The molecule has 14 unspecified atom stereocenters. The smallest absolute Gasteiger partial charge is 0.222 e. The fraction of sp³-hybridized carbons (Fsp3) is 0.483. The zero-order valence-electron chi connectivity index (χ0n) is 63.2. The number of nitrogens with two attached hydrogens (primary N) is 6. The van der Waals surface area contributed by atoms with Crippen LogP contribution >= 0.6 is 69.6 Å². The van der Waals surface area contributed by atoms with Crippen LogP contribution in [0.25, 0.3) is 0 Å². The SMILES string of the molecule is NC1(c2ccccc2Cl)CCC(=O)CC1=O.NC1(c2ccccc2Cl)CCCC(=O)C1=O.NC1(c2ccccc2Cl)CCCC(C2C=NCN2)C1=O.NC1(c2ccccc2Cl)CCCC(C2CCCN2)C1=O.NC1(c2ccccc2Cl)CCCC(C2CCCO2)C1=O.NC1(c2ccccc2Cl)CCCC(C2CCNC2)C1=O. The molecule has 0 amide bonds. The van der Waals surface area contributed by atoms with Crippen molar-refractivity contribution in [1.82, 2.24) is 16.0 Å². The lowest BCUT2D eigenvalue weighted by atomic mass is 9.67. The van der Waals surface area contributed by atoms with E-state index in [-0.39, 0.29) is 76.9 Å². The highest BCUT2D eigenvalue weighted by Gasteiger charge is 2.52. The fourth-order valence-electron chi connectivity index (χ4n) is 18.3. The van der Waals surface area contributed by atoms with Gasteiger partial charge in [-0.2, -0.15) is 0 Å². The lowest BCUT2D eigenvalue weighted by Gasteiger charge is -2.39. The molecule has 6 aliphatic carbocycles. The minimum absolute atomic E-state index is 0.00760. The average molecular weight is 1650 g/mol. The molecule has 19 nitrogen and oxygen atoms in total. The van der Waals surface area contributed by atoms with Gasteiger partial charge in [-0.05, 0) is 204 Å². The van der Waals surface area contributed by atoms with E-state index in [4.69, 9.17) is 109 Å². The minimum atomic E-state index is -1.23. The highest BCUT2D eigenvalue weighted by molar-refractivity contribution is 6.42. The molecule has 6 saturated carbocycles. The Morgan fingerprint density at radius 3 is 1.19 bits per heavy atom. The first-order chi connectivity index (χ1) is 53.6. The van der Waals surface area contributed by atoms with Crippen molar-refractivity contribution in [3.8, 4) is 0 Å². The Morgan fingerprint density at radius 2 is 0.786 bits per heavy atom. The Morgan fingerprint density at radius 1 is 0.384 bits per heavy atom. The summed E-state index contributed by atoms with van der Waals surface area (Å²) < 4.78 is 5.71. The summed E-state index contributed by atoms with van der Waals surface area (Å²) in [5.74, 6) is -0.312. The van der Waals surface area contributed by atoms with E-state index >= 15 is 0 Å². The van der Waals surface area contributed by atoms with Crippen molar-refractivity contribution in [2.75, 3.05) is 32.9 Å². The van der Waals surface area contributed by atoms with Crippen molar-refractivity contribution in [3.63, 3.8) is 0 Å². The topological polar surface area (TPSA) is 350 Å². The Bertz CT molecular complexity index is 4220. The third kappa shape index (κ3) is 18.9. The van der Waals surface area contributed by atoms with Gasteiger partial charge in [-0.1, -0.05) is 198 Å². The summed E-state index contributed by atoms with van der Waals surface area (Å²) in [4.78, 5) is 102. The molecule has 25 heteroatoms. The maximum Gasteiger partial charge on any atom is 0.222 e. The van der Waals surface area contributed by atoms with Crippen molar-refractivity contribution in [1.29, 1.82) is 0 Å². The summed E-state index contributed by atoms with van der Waals surface area (Å²) >= 11 is 37.1. The Hall–Kier alpha value is -6.31. The van der Waals surface area contributed by atoms with Gasteiger partial charge in [0.1, 0.15) is 39.0 Å². The van der Waals surface area contributed by atoms with Crippen LogP contribution in [0.4, 0.5) is 0 Å². The molecule has 10 aliphatic rings. The number of carbonyl (C=O) groups excluding carboxylic acids is 8. The van der Waals surface area contributed by atoms with Crippen LogP contribution in [-0.4, -0.2) is 104 Å². The van der Waals surface area contributed by atoms with Gasteiger partial charge >= 0.3 is 0 Å². The van der Waals surface area contributed by atoms with Crippen LogP contribution < -0.4 is 50.4 Å². The van der Waals surface area contributed by atoms with Crippen LogP contribution in [-0.2, 0) is 76.3 Å². The molecule has 14 atom stereocenters. The fourth-order valence-corrected chi connectivity index (χ4v) is 20.2. The third-order valence-electron chi connectivity index (χ3n) is 24.6. The van der Waals surface area contributed by atoms with Crippen LogP contribution in [0.1, 0.15) is 181 Å². The molecule has 4 heterocycles.